The molecule has 13 heavy (non-hydrogen) atoms. The Balaban J connectivity index is 2.62. The summed E-state index contributed by atoms with van der Waals surface area (Å²) in [6, 6.07) is 10.4. The minimum atomic E-state index is 0.553. The molecule has 0 fully saturated rings. The van der Waals surface area contributed by atoms with Crippen molar-refractivity contribution >= 4 is 10.9 Å². The second kappa shape index (κ2) is 3.17. The van der Waals surface area contributed by atoms with Crippen LogP contribution in [0.1, 0.15) is 25.3 Å². The van der Waals surface area contributed by atoms with Crippen LogP contribution in [-0.4, -0.2) is 4.98 Å². The molecule has 0 atom stereocenters. The van der Waals surface area contributed by atoms with E-state index >= 15 is 0 Å². The summed E-state index contributed by atoms with van der Waals surface area (Å²) in [5.41, 5.74) is 2.38. The molecule has 0 spiro atoms. The summed E-state index contributed by atoms with van der Waals surface area (Å²) in [6.07, 6.45) is 1.97. The Kier molecular flexibility index (Phi) is 2.01. The van der Waals surface area contributed by atoms with Crippen molar-refractivity contribution < 1.29 is 0 Å². The van der Waals surface area contributed by atoms with Crippen molar-refractivity contribution in [3.05, 3.63) is 42.1 Å². The van der Waals surface area contributed by atoms with Crippen LogP contribution in [0.2, 0.25) is 0 Å². The molecular formula is C12H13N. The fraction of sp³-hybridized carbons (Fsp3) is 0.250. The second-order valence-electron chi connectivity index (χ2n) is 3.62. The van der Waals surface area contributed by atoms with E-state index in [1.165, 1.54) is 10.9 Å². The van der Waals surface area contributed by atoms with Gasteiger partial charge in [-0.1, -0.05) is 32.0 Å². The molecule has 1 aromatic heterocycles. The van der Waals surface area contributed by atoms with Crippen molar-refractivity contribution in [2.75, 3.05) is 0 Å². The number of nitrogens with zero attached hydrogens (tertiary/aromatic N) is 1. The van der Waals surface area contributed by atoms with E-state index in [2.05, 4.69) is 31.0 Å². The third kappa shape index (κ3) is 1.55. The first-order chi connectivity index (χ1) is 6.27. The number of rotatable bonds is 1. The topological polar surface area (TPSA) is 12.9 Å². The highest BCUT2D eigenvalue weighted by molar-refractivity contribution is 5.78. The number of pyridine rings is 1. The van der Waals surface area contributed by atoms with E-state index in [9.17, 15) is 0 Å². The van der Waals surface area contributed by atoms with Crippen LogP contribution in [0.5, 0.6) is 0 Å². The normalized spacial score (nSPS) is 11.0. The zero-order valence-corrected chi connectivity index (χ0v) is 7.99. The first kappa shape index (κ1) is 8.24. The molecule has 0 saturated carbocycles. The van der Waals surface area contributed by atoms with E-state index in [1.807, 2.05) is 24.4 Å². The SMILES string of the molecule is CC(C)c1cnc2ccccc2c1. The van der Waals surface area contributed by atoms with Gasteiger partial charge in [-0.05, 0) is 23.6 Å². The van der Waals surface area contributed by atoms with Crippen LogP contribution < -0.4 is 0 Å². The maximum Gasteiger partial charge on any atom is 0.0702 e. The summed E-state index contributed by atoms with van der Waals surface area (Å²) in [5, 5.41) is 1.23. The van der Waals surface area contributed by atoms with Crippen LogP contribution >= 0.6 is 0 Å². The number of benzene rings is 1. The molecule has 0 N–H and O–H groups in total. The Morgan fingerprint density at radius 2 is 1.92 bits per heavy atom. The van der Waals surface area contributed by atoms with Gasteiger partial charge in [-0.25, -0.2) is 0 Å². The standard InChI is InChI=1S/C12H13N/c1-9(2)11-7-10-5-3-4-6-12(10)13-8-11/h3-9H,1-2H3. The Morgan fingerprint density at radius 1 is 1.15 bits per heavy atom. The van der Waals surface area contributed by atoms with Crippen molar-refractivity contribution in [3.63, 3.8) is 0 Å². The number of fused-ring (bicyclic) bond motifs is 1. The lowest BCUT2D eigenvalue weighted by Crippen LogP contribution is -1.88. The van der Waals surface area contributed by atoms with E-state index < -0.39 is 0 Å². The van der Waals surface area contributed by atoms with Gasteiger partial charge in [-0.3, -0.25) is 4.98 Å². The molecular weight excluding hydrogens is 158 g/mol. The number of aromatic nitrogens is 1. The van der Waals surface area contributed by atoms with Crippen molar-refractivity contribution in [3.8, 4) is 0 Å². The summed E-state index contributed by atoms with van der Waals surface area (Å²) in [4.78, 5) is 4.40. The molecule has 0 aliphatic rings. The van der Waals surface area contributed by atoms with E-state index in [0.29, 0.717) is 5.92 Å². The van der Waals surface area contributed by atoms with Gasteiger partial charge in [-0.15, -0.1) is 0 Å². The Bertz CT molecular complexity index is 418. The van der Waals surface area contributed by atoms with E-state index in [0.717, 1.165) is 5.52 Å². The Morgan fingerprint density at radius 3 is 2.69 bits per heavy atom. The molecule has 0 amide bonds. The highest BCUT2D eigenvalue weighted by Gasteiger charge is 2.00. The first-order valence-electron chi connectivity index (χ1n) is 4.62. The van der Waals surface area contributed by atoms with E-state index in [1.54, 1.807) is 0 Å². The quantitative estimate of drug-likeness (QED) is 0.641. The van der Waals surface area contributed by atoms with Gasteiger partial charge < -0.3 is 0 Å². The summed E-state index contributed by atoms with van der Waals surface area (Å²) in [5.74, 6) is 0.553. The Hall–Kier alpha value is -1.37. The second-order valence-corrected chi connectivity index (χ2v) is 3.62. The van der Waals surface area contributed by atoms with Crippen molar-refractivity contribution in [1.82, 2.24) is 4.98 Å². The zero-order valence-electron chi connectivity index (χ0n) is 7.99. The first-order valence-corrected chi connectivity index (χ1v) is 4.62. The monoisotopic (exact) mass is 171 g/mol. The maximum atomic E-state index is 4.40. The average Bonchev–Trinajstić information content (AvgIpc) is 2.17. The van der Waals surface area contributed by atoms with E-state index in [-0.39, 0.29) is 0 Å². The average molecular weight is 171 g/mol. The summed E-state index contributed by atoms with van der Waals surface area (Å²) in [7, 11) is 0. The van der Waals surface area contributed by atoms with Gasteiger partial charge >= 0.3 is 0 Å². The number of hydrogen-bond donors (Lipinski definition) is 0. The highest BCUT2D eigenvalue weighted by Crippen LogP contribution is 2.18. The van der Waals surface area contributed by atoms with Gasteiger partial charge in [0.2, 0.25) is 0 Å². The lowest BCUT2D eigenvalue weighted by atomic mass is 10.0. The minimum Gasteiger partial charge on any atom is -0.256 e. The van der Waals surface area contributed by atoms with Crippen LogP contribution in [0.3, 0.4) is 0 Å². The van der Waals surface area contributed by atoms with Crippen LogP contribution in [0.25, 0.3) is 10.9 Å². The molecule has 1 heterocycles. The zero-order chi connectivity index (χ0) is 9.26. The molecule has 0 radical (unpaired) electrons. The van der Waals surface area contributed by atoms with Gasteiger partial charge in [0, 0.05) is 11.6 Å². The maximum absolute atomic E-state index is 4.40. The van der Waals surface area contributed by atoms with Crippen molar-refractivity contribution in [2.45, 2.75) is 19.8 Å². The molecule has 0 aliphatic heterocycles. The summed E-state index contributed by atoms with van der Waals surface area (Å²) >= 11 is 0. The van der Waals surface area contributed by atoms with Crippen LogP contribution in [-0.2, 0) is 0 Å². The summed E-state index contributed by atoms with van der Waals surface area (Å²) in [6.45, 7) is 4.37. The predicted octanol–water partition coefficient (Wildman–Crippen LogP) is 3.36. The van der Waals surface area contributed by atoms with Gasteiger partial charge in [0.05, 0.1) is 5.52 Å². The van der Waals surface area contributed by atoms with Crippen molar-refractivity contribution in [1.29, 1.82) is 0 Å². The molecule has 0 bridgehead atoms. The highest BCUT2D eigenvalue weighted by atomic mass is 14.6. The molecule has 1 aromatic carbocycles. The lowest BCUT2D eigenvalue weighted by Gasteiger charge is -2.05. The van der Waals surface area contributed by atoms with Gasteiger partial charge in [0.1, 0.15) is 0 Å². The molecule has 0 aliphatic carbocycles. The van der Waals surface area contributed by atoms with Crippen molar-refractivity contribution in [2.24, 2.45) is 0 Å². The molecule has 1 nitrogen and oxygen atoms in total. The van der Waals surface area contributed by atoms with Crippen LogP contribution in [0.15, 0.2) is 36.5 Å². The fourth-order valence-corrected chi connectivity index (χ4v) is 1.40. The Labute approximate surface area is 78.4 Å². The molecule has 0 unspecified atom stereocenters. The lowest BCUT2D eigenvalue weighted by molar-refractivity contribution is 0.862. The van der Waals surface area contributed by atoms with Crippen LogP contribution in [0.4, 0.5) is 0 Å². The molecule has 66 valence electrons. The predicted molar refractivity (Wildman–Crippen MR) is 55.8 cm³/mol. The van der Waals surface area contributed by atoms with Crippen LogP contribution in [0, 0.1) is 0 Å². The van der Waals surface area contributed by atoms with Gasteiger partial charge in [0.15, 0.2) is 0 Å². The fourth-order valence-electron chi connectivity index (χ4n) is 1.40. The molecule has 2 aromatic rings. The molecule has 0 saturated heterocycles. The third-order valence-corrected chi connectivity index (χ3v) is 2.28. The number of hydrogen-bond acceptors (Lipinski definition) is 1. The van der Waals surface area contributed by atoms with Gasteiger partial charge in [0.25, 0.3) is 0 Å². The minimum absolute atomic E-state index is 0.553. The summed E-state index contributed by atoms with van der Waals surface area (Å²) < 4.78 is 0. The smallest absolute Gasteiger partial charge is 0.0702 e. The van der Waals surface area contributed by atoms with E-state index in [4.69, 9.17) is 0 Å². The molecule has 2 rings (SSSR count). The molecule has 1 heteroatoms. The van der Waals surface area contributed by atoms with Gasteiger partial charge in [-0.2, -0.15) is 0 Å². The number of para-hydroxylation sites is 1. The third-order valence-electron chi connectivity index (χ3n) is 2.28. The largest absolute Gasteiger partial charge is 0.256 e.